The van der Waals surface area contributed by atoms with Gasteiger partial charge >= 0.3 is 0 Å². The van der Waals surface area contributed by atoms with Crippen molar-refractivity contribution in [2.24, 2.45) is 0 Å². The lowest BCUT2D eigenvalue weighted by molar-refractivity contribution is -0.126. The van der Waals surface area contributed by atoms with Gasteiger partial charge in [-0.2, -0.15) is 0 Å². The van der Waals surface area contributed by atoms with Crippen molar-refractivity contribution in [2.45, 2.75) is 6.04 Å². The van der Waals surface area contributed by atoms with Gasteiger partial charge in [0.1, 0.15) is 6.04 Å². The van der Waals surface area contributed by atoms with Crippen LogP contribution in [0.5, 0.6) is 0 Å². The highest BCUT2D eigenvalue weighted by Gasteiger charge is 2.26. The van der Waals surface area contributed by atoms with Crippen LogP contribution in [0.3, 0.4) is 0 Å². The highest BCUT2D eigenvalue weighted by molar-refractivity contribution is 6.25. The molecule has 0 aromatic heterocycles. The Bertz CT molecular complexity index is 220. The first-order valence-corrected chi connectivity index (χ1v) is 5.15. The molecule has 2 N–H and O–H groups in total. The van der Waals surface area contributed by atoms with Gasteiger partial charge in [0.05, 0.1) is 0 Å². The molecule has 0 radical (unpaired) electrons. The van der Waals surface area contributed by atoms with Crippen molar-refractivity contribution < 1.29 is 4.79 Å². The fourth-order valence-electron chi connectivity index (χ4n) is 1.57. The number of likely N-dealkylation sites (N-methyl/N-ethyl adjacent to an activating group) is 1. The van der Waals surface area contributed by atoms with Crippen LogP contribution in [0.2, 0.25) is 0 Å². The van der Waals surface area contributed by atoms with Crippen LogP contribution in [-0.4, -0.2) is 50.1 Å². The Labute approximate surface area is 89.3 Å². The molecular formula is C9H16ClN3O. The Morgan fingerprint density at radius 1 is 1.79 bits per heavy atom. The maximum atomic E-state index is 11.5. The van der Waals surface area contributed by atoms with Gasteiger partial charge in [0, 0.05) is 38.8 Å². The predicted molar refractivity (Wildman–Crippen MR) is 57.3 cm³/mol. The van der Waals surface area contributed by atoms with Crippen LogP contribution < -0.4 is 10.6 Å². The molecule has 1 fully saturated rings. The molecule has 14 heavy (non-hydrogen) atoms. The molecular weight excluding hydrogens is 202 g/mol. The predicted octanol–water partition coefficient (Wildman–Crippen LogP) is -0.241. The number of nitrogens with zero attached hydrogens (tertiary/aromatic N) is 1. The summed E-state index contributed by atoms with van der Waals surface area (Å²) in [5.74, 6) is 0.0557. The number of carbonyl (C=O) groups is 1. The molecule has 1 rings (SSSR count). The summed E-state index contributed by atoms with van der Waals surface area (Å²) in [5, 5.41) is 5.86. The quantitative estimate of drug-likeness (QED) is 0.686. The second-order valence-electron chi connectivity index (χ2n) is 3.19. The Kier molecular flexibility index (Phi) is 4.93. The van der Waals surface area contributed by atoms with Crippen molar-refractivity contribution in [1.82, 2.24) is 15.5 Å². The minimum atomic E-state index is -0.0818. The van der Waals surface area contributed by atoms with Gasteiger partial charge in [-0.25, -0.2) is 0 Å². The monoisotopic (exact) mass is 217 g/mol. The summed E-state index contributed by atoms with van der Waals surface area (Å²) >= 11 is 5.46. The third kappa shape index (κ3) is 2.97. The number of halogens is 1. The smallest absolute Gasteiger partial charge is 0.238 e. The highest BCUT2D eigenvalue weighted by Crippen LogP contribution is 2.03. The topological polar surface area (TPSA) is 44.4 Å². The first-order chi connectivity index (χ1) is 6.79. The van der Waals surface area contributed by atoms with Crippen LogP contribution >= 0.6 is 11.6 Å². The number of rotatable bonds is 3. The minimum absolute atomic E-state index is 0.0557. The van der Waals surface area contributed by atoms with Gasteiger partial charge in [0.2, 0.25) is 5.91 Å². The average Bonchev–Trinajstić information content (AvgIpc) is 2.25. The van der Waals surface area contributed by atoms with E-state index in [0.717, 1.165) is 19.6 Å². The molecule has 80 valence electrons. The molecule has 4 nitrogen and oxygen atoms in total. The van der Waals surface area contributed by atoms with Crippen LogP contribution in [0.25, 0.3) is 0 Å². The van der Waals surface area contributed by atoms with Crippen molar-refractivity contribution in [2.75, 3.05) is 33.2 Å². The molecule has 1 unspecified atom stereocenters. The molecule has 0 aromatic rings. The van der Waals surface area contributed by atoms with Crippen LogP contribution in [0.1, 0.15) is 0 Å². The first-order valence-electron chi connectivity index (χ1n) is 4.71. The van der Waals surface area contributed by atoms with E-state index in [1.54, 1.807) is 7.05 Å². The summed E-state index contributed by atoms with van der Waals surface area (Å²) < 4.78 is 0. The first kappa shape index (κ1) is 11.5. The van der Waals surface area contributed by atoms with Crippen molar-refractivity contribution in [3.63, 3.8) is 0 Å². The number of amides is 1. The van der Waals surface area contributed by atoms with E-state index in [-0.39, 0.29) is 11.9 Å². The summed E-state index contributed by atoms with van der Waals surface area (Å²) in [6.07, 6.45) is 1.85. The zero-order valence-corrected chi connectivity index (χ0v) is 9.05. The molecule has 1 heterocycles. The standard InChI is InChI=1S/C9H16ClN3O/c1-11-9(14)8-7-12-4-6-13(8)5-2-3-10/h2-3,8,12H,4-7H2,1H3,(H,11,14). The summed E-state index contributed by atoms with van der Waals surface area (Å²) in [4.78, 5) is 13.6. The van der Waals surface area contributed by atoms with Gasteiger partial charge < -0.3 is 10.6 Å². The lowest BCUT2D eigenvalue weighted by atomic mass is 10.2. The lowest BCUT2D eigenvalue weighted by Gasteiger charge is -2.33. The molecule has 1 aliphatic rings. The fraction of sp³-hybridized carbons (Fsp3) is 0.667. The Balaban J connectivity index is 2.54. The van der Waals surface area contributed by atoms with Gasteiger partial charge in [-0.15, -0.1) is 0 Å². The Morgan fingerprint density at radius 2 is 2.57 bits per heavy atom. The molecule has 0 aromatic carbocycles. The van der Waals surface area contributed by atoms with Crippen LogP contribution in [0, 0.1) is 0 Å². The third-order valence-electron chi connectivity index (χ3n) is 2.33. The normalized spacial score (nSPS) is 24.0. The van der Waals surface area contributed by atoms with Gasteiger partial charge in [-0.05, 0) is 0 Å². The summed E-state index contributed by atoms with van der Waals surface area (Å²) in [6, 6.07) is -0.0818. The summed E-state index contributed by atoms with van der Waals surface area (Å²) in [7, 11) is 1.66. The van der Waals surface area contributed by atoms with Crippen LogP contribution in [0.15, 0.2) is 11.6 Å². The second kappa shape index (κ2) is 6.01. The molecule has 1 amide bonds. The van der Waals surface area contributed by atoms with Gasteiger partial charge in [-0.1, -0.05) is 17.7 Å². The van der Waals surface area contributed by atoms with E-state index in [2.05, 4.69) is 15.5 Å². The largest absolute Gasteiger partial charge is 0.358 e. The van der Waals surface area contributed by atoms with Gasteiger partial charge in [0.25, 0.3) is 0 Å². The summed E-state index contributed by atoms with van der Waals surface area (Å²) in [6.45, 7) is 3.22. The van der Waals surface area contributed by atoms with Crippen molar-refractivity contribution >= 4 is 17.5 Å². The minimum Gasteiger partial charge on any atom is -0.358 e. The van der Waals surface area contributed by atoms with E-state index in [1.807, 2.05) is 6.08 Å². The van der Waals surface area contributed by atoms with E-state index in [0.29, 0.717) is 6.54 Å². The Morgan fingerprint density at radius 3 is 3.21 bits per heavy atom. The number of nitrogens with one attached hydrogen (secondary N) is 2. The maximum Gasteiger partial charge on any atom is 0.238 e. The molecule has 0 bridgehead atoms. The number of hydrogen-bond donors (Lipinski definition) is 2. The number of carbonyl (C=O) groups excluding carboxylic acids is 1. The number of piperazine rings is 1. The Hall–Kier alpha value is -0.580. The third-order valence-corrected chi connectivity index (χ3v) is 2.51. The lowest BCUT2D eigenvalue weighted by Crippen LogP contribution is -2.57. The molecule has 1 aliphatic heterocycles. The molecule has 0 spiro atoms. The zero-order chi connectivity index (χ0) is 10.4. The van der Waals surface area contributed by atoms with Crippen molar-refractivity contribution in [3.05, 3.63) is 11.6 Å². The second-order valence-corrected chi connectivity index (χ2v) is 3.44. The summed E-state index contributed by atoms with van der Waals surface area (Å²) in [5.41, 5.74) is 1.49. The molecule has 1 atom stereocenters. The zero-order valence-electron chi connectivity index (χ0n) is 8.29. The number of hydrogen-bond acceptors (Lipinski definition) is 3. The molecule has 1 saturated heterocycles. The van der Waals surface area contributed by atoms with E-state index in [4.69, 9.17) is 11.6 Å². The van der Waals surface area contributed by atoms with E-state index in [1.165, 1.54) is 5.54 Å². The van der Waals surface area contributed by atoms with Gasteiger partial charge in [-0.3, -0.25) is 9.69 Å². The van der Waals surface area contributed by atoms with Crippen LogP contribution in [0.4, 0.5) is 0 Å². The van der Waals surface area contributed by atoms with Crippen molar-refractivity contribution in [3.8, 4) is 0 Å². The SMILES string of the molecule is CNC(=O)C1CNCCN1CC=CCl. The van der Waals surface area contributed by atoms with E-state index >= 15 is 0 Å². The highest BCUT2D eigenvalue weighted by atomic mass is 35.5. The van der Waals surface area contributed by atoms with Gasteiger partial charge in [0.15, 0.2) is 0 Å². The van der Waals surface area contributed by atoms with E-state index in [9.17, 15) is 4.79 Å². The maximum absolute atomic E-state index is 11.5. The molecule has 0 aliphatic carbocycles. The van der Waals surface area contributed by atoms with Crippen molar-refractivity contribution in [1.29, 1.82) is 0 Å². The average molecular weight is 218 g/mol. The molecule has 0 saturated carbocycles. The van der Waals surface area contributed by atoms with Crippen LogP contribution in [-0.2, 0) is 4.79 Å². The molecule has 5 heteroatoms. The van der Waals surface area contributed by atoms with E-state index < -0.39 is 0 Å². The fourth-order valence-corrected chi connectivity index (χ4v) is 1.64.